The standard InChI is InChI=1S/C28H27NO3/c1-27(2,20-7-13-24(30)14-8-20)19-3-5-21(6-4-19)28(29,22-9-15-25(31)16-10-22)23-11-17-26(32)18-12-23/h3-18,30-32H,29H2,1-2H3. The summed E-state index contributed by atoms with van der Waals surface area (Å²) in [6.45, 7) is 4.29. The van der Waals surface area contributed by atoms with Gasteiger partial charge in [0.25, 0.3) is 0 Å². The Morgan fingerprint density at radius 3 is 0.969 bits per heavy atom. The molecule has 0 saturated carbocycles. The molecule has 0 aliphatic carbocycles. The molecule has 0 aliphatic rings. The molecule has 0 amide bonds. The third-order valence-electron chi connectivity index (χ3n) is 6.30. The van der Waals surface area contributed by atoms with Crippen LogP contribution in [-0.2, 0) is 11.0 Å². The molecule has 0 spiro atoms. The third-order valence-corrected chi connectivity index (χ3v) is 6.30. The summed E-state index contributed by atoms with van der Waals surface area (Å²) < 4.78 is 0. The number of nitrogens with two attached hydrogens (primary N) is 1. The maximum atomic E-state index is 9.76. The quantitative estimate of drug-likeness (QED) is 0.323. The highest BCUT2D eigenvalue weighted by Crippen LogP contribution is 2.38. The lowest BCUT2D eigenvalue weighted by Gasteiger charge is -2.33. The lowest BCUT2D eigenvalue weighted by molar-refractivity contribution is 0.473. The normalized spacial score (nSPS) is 12.0. The Bertz CT molecular complexity index is 1150. The number of rotatable bonds is 5. The molecule has 162 valence electrons. The minimum Gasteiger partial charge on any atom is -0.508 e. The highest BCUT2D eigenvalue weighted by molar-refractivity contribution is 5.52. The van der Waals surface area contributed by atoms with Gasteiger partial charge in [-0.2, -0.15) is 0 Å². The monoisotopic (exact) mass is 425 g/mol. The van der Waals surface area contributed by atoms with Gasteiger partial charge in [-0.25, -0.2) is 0 Å². The van der Waals surface area contributed by atoms with Gasteiger partial charge in [-0.1, -0.05) is 74.5 Å². The fourth-order valence-electron chi connectivity index (χ4n) is 4.14. The molecule has 0 radical (unpaired) electrons. The first-order valence-electron chi connectivity index (χ1n) is 10.5. The van der Waals surface area contributed by atoms with Crippen LogP contribution in [-0.4, -0.2) is 15.3 Å². The van der Waals surface area contributed by atoms with Crippen molar-refractivity contribution in [2.45, 2.75) is 24.8 Å². The number of aromatic hydroxyl groups is 3. The number of phenols is 3. The van der Waals surface area contributed by atoms with E-state index in [0.717, 1.165) is 27.8 Å². The first-order valence-corrected chi connectivity index (χ1v) is 10.5. The zero-order valence-electron chi connectivity index (χ0n) is 18.2. The van der Waals surface area contributed by atoms with Gasteiger partial charge in [-0.05, 0) is 64.2 Å². The van der Waals surface area contributed by atoms with Gasteiger partial charge >= 0.3 is 0 Å². The van der Waals surface area contributed by atoms with E-state index in [1.807, 2.05) is 48.5 Å². The van der Waals surface area contributed by atoms with Gasteiger partial charge in [0, 0.05) is 5.41 Å². The van der Waals surface area contributed by atoms with Crippen molar-refractivity contribution in [3.05, 3.63) is 125 Å². The SMILES string of the molecule is CC(C)(c1ccc(O)cc1)c1ccc(C(N)(c2ccc(O)cc2)c2ccc(O)cc2)cc1. The van der Waals surface area contributed by atoms with Crippen molar-refractivity contribution < 1.29 is 15.3 Å². The molecule has 0 aliphatic heterocycles. The van der Waals surface area contributed by atoms with Crippen LogP contribution in [0.2, 0.25) is 0 Å². The maximum Gasteiger partial charge on any atom is 0.115 e. The molecule has 0 fully saturated rings. The zero-order valence-corrected chi connectivity index (χ0v) is 18.2. The smallest absolute Gasteiger partial charge is 0.115 e. The van der Waals surface area contributed by atoms with E-state index in [0.29, 0.717) is 0 Å². The number of phenolic OH excluding ortho intramolecular Hbond substituents is 3. The Morgan fingerprint density at radius 1 is 0.438 bits per heavy atom. The summed E-state index contributed by atoms with van der Waals surface area (Å²) in [5, 5.41) is 29.1. The van der Waals surface area contributed by atoms with Crippen LogP contribution >= 0.6 is 0 Å². The van der Waals surface area contributed by atoms with Gasteiger partial charge in [-0.3, -0.25) is 0 Å². The molecule has 32 heavy (non-hydrogen) atoms. The van der Waals surface area contributed by atoms with Crippen LogP contribution in [0.4, 0.5) is 0 Å². The van der Waals surface area contributed by atoms with Crippen molar-refractivity contribution in [3.63, 3.8) is 0 Å². The van der Waals surface area contributed by atoms with E-state index in [-0.39, 0.29) is 22.7 Å². The Hall–Kier alpha value is -3.76. The highest BCUT2D eigenvalue weighted by Gasteiger charge is 2.33. The van der Waals surface area contributed by atoms with E-state index in [2.05, 4.69) is 26.0 Å². The summed E-state index contributed by atoms with van der Waals surface area (Å²) in [5.74, 6) is 0.594. The molecule has 0 unspecified atom stereocenters. The second-order valence-electron chi connectivity index (χ2n) is 8.65. The molecule has 4 aromatic rings. The summed E-state index contributed by atoms with van der Waals surface area (Å²) in [6.07, 6.45) is 0. The van der Waals surface area contributed by atoms with Crippen molar-refractivity contribution in [2.75, 3.05) is 0 Å². The van der Waals surface area contributed by atoms with Gasteiger partial charge in [0.1, 0.15) is 17.2 Å². The summed E-state index contributed by atoms with van der Waals surface area (Å²) in [4.78, 5) is 0. The first kappa shape index (κ1) is 21.5. The van der Waals surface area contributed by atoms with Gasteiger partial charge in [0.05, 0.1) is 5.54 Å². The van der Waals surface area contributed by atoms with Gasteiger partial charge < -0.3 is 21.1 Å². The molecule has 4 nitrogen and oxygen atoms in total. The molecule has 0 bridgehead atoms. The maximum absolute atomic E-state index is 9.76. The minimum absolute atomic E-state index is 0.174. The molecule has 0 saturated heterocycles. The van der Waals surface area contributed by atoms with Crippen LogP contribution < -0.4 is 5.73 Å². The van der Waals surface area contributed by atoms with E-state index in [1.54, 1.807) is 36.4 Å². The second kappa shape index (κ2) is 8.06. The molecule has 0 aromatic heterocycles. The van der Waals surface area contributed by atoms with E-state index in [4.69, 9.17) is 5.73 Å². The van der Waals surface area contributed by atoms with Crippen LogP contribution in [0, 0.1) is 0 Å². The number of benzene rings is 4. The minimum atomic E-state index is -0.970. The Morgan fingerprint density at radius 2 is 0.656 bits per heavy atom. The lowest BCUT2D eigenvalue weighted by Crippen LogP contribution is -2.39. The van der Waals surface area contributed by atoms with Crippen LogP contribution in [0.25, 0.3) is 0 Å². The molecule has 5 N–H and O–H groups in total. The molecule has 4 aromatic carbocycles. The summed E-state index contributed by atoms with van der Waals surface area (Å²) in [6, 6.07) is 29.2. The summed E-state index contributed by atoms with van der Waals surface area (Å²) >= 11 is 0. The lowest BCUT2D eigenvalue weighted by atomic mass is 9.75. The molecule has 4 heteroatoms. The molecular formula is C28H27NO3. The van der Waals surface area contributed by atoms with Gasteiger partial charge in [-0.15, -0.1) is 0 Å². The van der Waals surface area contributed by atoms with Crippen molar-refractivity contribution in [3.8, 4) is 17.2 Å². The van der Waals surface area contributed by atoms with Crippen molar-refractivity contribution >= 4 is 0 Å². The van der Waals surface area contributed by atoms with E-state index in [9.17, 15) is 15.3 Å². The van der Waals surface area contributed by atoms with E-state index >= 15 is 0 Å². The van der Waals surface area contributed by atoms with Gasteiger partial charge in [0.15, 0.2) is 0 Å². The average molecular weight is 426 g/mol. The number of hydrogen-bond acceptors (Lipinski definition) is 4. The fourth-order valence-corrected chi connectivity index (χ4v) is 4.14. The van der Waals surface area contributed by atoms with Crippen molar-refractivity contribution in [2.24, 2.45) is 5.73 Å². The number of hydrogen-bond donors (Lipinski definition) is 4. The third kappa shape index (κ3) is 3.81. The zero-order chi connectivity index (χ0) is 22.9. The Kier molecular flexibility index (Phi) is 5.41. The van der Waals surface area contributed by atoms with Crippen LogP contribution in [0.1, 0.15) is 41.7 Å². The van der Waals surface area contributed by atoms with E-state index < -0.39 is 5.54 Å². The molecule has 4 rings (SSSR count). The first-order chi connectivity index (χ1) is 15.2. The summed E-state index contributed by atoms with van der Waals surface area (Å²) in [7, 11) is 0. The van der Waals surface area contributed by atoms with Crippen molar-refractivity contribution in [1.82, 2.24) is 0 Å². The highest BCUT2D eigenvalue weighted by atomic mass is 16.3. The Labute approximate surface area is 188 Å². The predicted octanol–water partition coefficient (Wildman–Crippen LogP) is 5.38. The van der Waals surface area contributed by atoms with E-state index in [1.165, 1.54) is 0 Å². The largest absolute Gasteiger partial charge is 0.508 e. The van der Waals surface area contributed by atoms with Crippen LogP contribution in [0.15, 0.2) is 97.1 Å². The molecule has 0 heterocycles. The molecule has 0 atom stereocenters. The van der Waals surface area contributed by atoms with Crippen LogP contribution in [0.3, 0.4) is 0 Å². The van der Waals surface area contributed by atoms with Gasteiger partial charge in [0.2, 0.25) is 0 Å². The topological polar surface area (TPSA) is 86.7 Å². The van der Waals surface area contributed by atoms with Crippen LogP contribution in [0.5, 0.6) is 17.2 Å². The second-order valence-corrected chi connectivity index (χ2v) is 8.65. The predicted molar refractivity (Wildman–Crippen MR) is 127 cm³/mol. The Balaban J connectivity index is 1.79. The fraction of sp³-hybridized carbons (Fsp3) is 0.143. The molecular weight excluding hydrogens is 398 g/mol. The average Bonchev–Trinajstić information content (AvgIpc) is 2.80. The summed E-state index contributed by atoms with van der Waals surface area (Å²) in [5.41, 5.74) is 10.6. The van der Waals surface area contributed by atoms with Crippen molar-refractivity contribution in [1.29, 1.82) is 0 Å².